The Balaban J connectivity index is 2.20. The quantitative estimate of drug-likeness (QED) is 0.911. The monoisotopic (exact) mass is 326 g/mol. The minimum absolute atomic E-state index is 0.105. The van der Waals surface area contributed by atoms with E-state index in [1.54, 1.807) is 6.20 Å². The van der Waals surface area contributed by atoms with Crippen LogP contribution in [0.15, 0.2) is 12.3 Å². The maximum absolute atomic E-state index is 11.3. The normalized spacial score (nSPS) is 20.2. The van der Waals surface area contributed by atoms with Gasteiger partial charge in [-0.25, -0.2) is 23.1 Å². The van der Waals surface area contributed by atoms with Crippen LogP contribution < -0.4 is 9.62 Å². The molecule has 2 rings (SSSR count). The van der Waals surface area contributed by atoms with Crippen molar-refractivity contribution in [1.29, 1.82) is 0 Å². The topological polar surface area (TPSA) is 75.2 Å². The van der Waals surface area contributed by atoms with E-state index in [4.69, 9.17) is 4.98 Å². The molecule has 1 aromatic rings. The molecule has 0 radical (unpaired) electrons. The molecule has 1 N–H and O–H groups in total. The fraction of sp³-hybridized carbons (Fsp3) is 0.733. The molecule has 22 heavy (non-hydrogen) atoms. The first kappa shape index (κ1) is 17.1. The van der Waals surface area contributed by atoms with E-state index in [0.717, 1.165) is 37.4 Å². The zero-order chi connectivity index (χ0) is 16.4. The molecular weight excluding hydrogens is 300 g/mol. The predicted molar refractivity (Wildman–Crippen MR) is 88.6 cm³/mol. The van der Waals surface area contributed by atoms with Gasteiger partial charge in [-0.1, -0.05) is 20.8 Å². The Morgan fingerprint density at radius 1 is 1.36 bits per heavy atom. The molecule has 1 aliphatic heterocycles. The lowest BCUT2D eigenvalue weighted by molar-refractivity contribution is 0.447. The zero-order valence-corrected chi connectivity index (χ0v) is 14.7. The van der Waals surface area contributed by atoms with Gasteiger partial charge in [0.15, 0.2) is 0 Å². The van der Waals surface area contributed by atoms with E-state index in [1.807, 2.05) is 6.07 Å². The first-order valence-corrected chi connectivity index (χ1v) is 9.61. The Labute approximate surface area is 133 Å². The SMILES string of the molecule is CC(C)(C)c1nccc(N2CCCC[C@H]2CNS(C)(=O)=O)n1. The Kier molecular flexibility index (Phi) is 5.07. The summed E-state index contributed by atoms with van der Waals surface area (Å²) in [7, 11) is -3.17. The molecule has 0 unspecified atom stereocenters. The van der Waals surface area contributed by atoms with Crippen molar-refractivity contribution in [2.45, 2.75) is 51.5 Å². The molecule has 0 bridgehead atoms. The van der Waals surface area contributed by atoms with Crippen molar-refractivity contribution in [3.63, 3.8) is 0 Å². The summed E-state index contributed by atoms with van der Waals surface area (Å²) < 4.78 is 25.3. The number of hydrogen-bond donors (Lipinski definition) is 1. The molecule has 6 nitrogen and oxygen atoms in total. The minimum atomic E-state index is -3.17. The number of hydrogen-bond acceptors (Lipinski definition) is 5. The van der Waals surface area contributed by atoms with Crippen molar-refractivity contribution in [3.05, 3.63) is 18.1 Å². The number of rotatable bonds is 4. The lowest BCUT2D eigenvalue weighted by Crippen LogP contribution is -2.47. The summed E-state index contributed by atoms with van der Waals surface area (Å²) in [4.78, 5) is 11.3. The first-order valence-electron chi connectivity index (χ1n) is 7.71. The number of anilines is 1. The zero-order valence-electron chi connectivity index (χ0n) is 13.8. The van der Waals surface area contributed by atoms with E-state index >= 15 is 0 Å². The van der Waals surface area contributed by atoms with Gasteiger partial charge in [-0.3, -0.25) is 0 Å². The minimum Gasteiger partial charge on any atom is -0.352 e. The second-order valence-corrected chi connectivity index (χ2v) is 8.79. The third-order valence-corrected chi connectivity index (χ3v) is 4.51. The lowest BCUT2D eigenvalue weighted by Gasteiger charge is -2.37. The smallest absolute Gasteiger partial charge is 0.208 e. The highest BCUT2D eigenvalue weighted by Crippen LogP contribution is 2.25. The predicted octanol–water partition coefficient (Wildman–Crippen LogP) is 1.68. The molecular formula is C15H26N4O2S. The maximum Gasteiger partial charge on any atom is 0.208 e. The van der Waals surface area contributed by atoms with Gasteiger partial charge in [0, 0.05) is 30.7 Å². The lowest BCUT2D eigenvalue weighted by atomic mass is 9.95. The summed E-state index contributed by atoms with van der Waals surface area (Å²) in [6.45, 7) is 7.59. The third-order valence-electron chi connectivity index (χ3n) is 3.81. The maximum atomic E-state index is 11.3. The van der Waals surface area contributed by atoms with Gasteiger partial charge in [0.05, 0.1) is 6.26 Å². The largest absolute Gasteiger partial charge is 0.352 e. The van der Waals surface area contributed by atoms with Crippen LogP contribution in [-0.2, 0) is 15.4 Å². The molecule has 7 heteroatoms. The second kappa shape index (κ2) is 6.50. The average molecular weight is 326 g/mol. The molecule has 1 saturated heterocycles. The van der Waals surface area contributed by atoms with Gasteiger partial charge in [0.2, 0.25) is 10.0 Å². The van der Waals surface area contributed by atoms with Crippen LogP contribution in [0.3, 0.4) is 0 Å². The summed E-state index contributed by atoms with van der Waals surface area (Å²) in [6, 6.07) is 2.06. The summed E-state index contributed by atoms with van der Waals surface area (Å²) in [5.41, 5.74) is -0.105. The van der Waals surface area contributed by atoms with Crippen LogP contribution in [0.25, 0.3) is 0 Å². The van der Waals surface area contributed by atoms with E-state index < -0.39 is 10.0 Å². The molecule has 0 spiro atoms. The number of piperidine rings is 1. The highest BCUT2D eigenvalue weighted by Gasteiger charge is 2.26. The third kappa shape index (κ3) is 4.64. The van der Waals surface area contributed by atoms with Gasteiger partial charge < -0.3 is 4.90 Å². The summed E-state index contributed by atoms with van der Waals surface area (Å²) in [5, 5.41) is 0. The van der Waals surface area contributed by atoms with E-state index in [1.165, 1.54) is 6.26 Å². The van der Waals surface area contributed by atoms with E-state index in [9.17, 15) is 8.42 Å². The fourth-order valence-electron chi connectivity index (χ4n) is 2.63. The van der Waals surface area contributed by atoms with Crippen molar-refractivity contribution in [2.75, 3.05) is 24.2 Å². The highest BCUT2D eigenvalue weighted by molar-refractivity contribution is 7.88. The molecule has 1 atom stereocenters. The molecule has 124 valence electrons. The van der Waals surface area contributed by atoms with Crippen LogP contribution in [0, 0.1) is 0 Å². The van der Waals surface area contributed by atoms with Crippen molar-refractivity contribution in [3.8, 4) is 0 Å². The van der Waals surface area contributed by atoms with Crippen LogP contribution in [0.4, 0.5) is 5.82 Å². The van der Waals surface area contributed by atoms with Gasteiger partial charge in [0.1, 0.15) is 11.6 Å². The average Bonchev–Trinajstić information content (AvgIpc) is 2.44. The molecule has 0 saturated carbocycles. The number of nitrogens with one attached hydrogen (secondary N) is 1. The second-order valence-electron chi connectivity index (χ2n) is 6.95. The van der Waals surface area contributed by atoms with E-state index in [-0.39, 0.29) is 11.5 Å². The molecule has 2 heterocycles. The summed E-state index contributed by atoms with van der Waals surface area (Å²) in [5.74, 6) is 1.70. The van der Waals surface area contributed by atoms with Crippen LogP contribution in [0.2, 0.25) is 0 Å². The Bertz CT molecular complexity index is 610. The number of aromatic nitrogens is 2. The van der Waals surface area contributed by atoms with Crippen LogP contribution in [-0.4, -0.2) is 43.8 Å². The number of sulfonamides is 1. The van der Waals surface area contributed by atoms with Gasteiger partial charge in [0.25, 0.3) is 0 Å². The molecule has 1 aliphatic rings. The van der Waals surface area contributed by atoms with Crippen molar-refractivity contribution in [2.24, 2.45) is 0 Å². The molecule has 1 aromatic heterocycles. The Morgan fingerprint density at radius 2 is 2.09 bits per heavy atom. The standard InChI is InChI=1S/C15H26N4O2S/c1-15(2,3)14-16-9-8-13(18-14)19-10-6-5-7-12(19)11-17-22(4,20)21/h8-9,12,17H,5-7,10-11H2,1-4H3/t12-/m0/s1. The van der Waals surface area contributed by atoms with Gasteiger partial charge in [-0.05, 0) is 25.3 Å². The fourth-order valence-corrected chi connectivity index (χ4v) is 3.13. The molecule has 0 amide bonds. The van der Waals surface area contributed by atoms with Crippen LogP contribution >= 0.6 is 0 Å². The van der Waals surface area contributed by atoms with E-state index in [2.05, 4.69) is 35.4 Å². The van der Waals surface area contributed by atoms with Gasteiger partial charge in [-0.2, -0.15) is 0 Å². The highest BCUT2D eigenvalue weighted by atomic mass is 32.2. The molecule has 0 aromatic carbocycles. The molecule has 1 fully saturated rings. The van der Waals surface area contributed by atoms with Gasteiger partial charge in [-0.15, -0.1) is 0 Å². The summed E-state index contributed by atoms with van der Waals surface area (Å²) in [6.07, 6.45) is 6.17. The van der Waals surface area contributed by atoms with Gasteiger partial charge >= 0.3 is 0 Å². The van der Waals surface area contributed by atoms with Crippen molar-refractivity contribution >= 4 is 15.8 Å². The van der Waals surface area contributed by atoms with Crippen molar-refractivity contribution < 1.29 is 8.42 Å². The van der Waals surface area contributed by atoms with Crippen molar-refractivity contribution in [1.82, 2.24) is 14.7 Å². The van der Waals surface area contributed by atoms with Crippen LogP contribution in [0.1, 0.15) is 45.9 Å². The molecule has 0 aliphatic carbocycles. The number of nitrogens with zero attached hydrogens (tertiary/aromatic N) is 3. The summed E-state index contributed by atoms with van der Waals surface area (Å²) >= 11 is 0. The Hall–Kier alpha value is -1.21. The first-order chi connectivity index (χ1) is 10.2. The van der Waals surface area contributed by atoms with Crippen LogP contribution in [0.5, 0.6) is 0 Å². The Morgan fingerprint density at radius 3 is 2.73 bits per heavy atom. The van der Waals surface area contributed by atoms with E-state index in [0.29, 0.717) is 6.54 Å².